The average molecular weight is 257 g/mol. The van der Waals surface area contributed by atoms with E-state index < -0.39 is 0 Å². The zero-order chi connectivity index (χ0) is 13.1. The number of benzene rings is 1. The Balaban J connectivity index is 3.18. The van der Waals surface area contributed by atoms with Crippen molar-refractivity contribution in [2.75, 3.05) is 14.2 Å². The standard InChI is InChI=1S/C14H21ClO2/c1-6-14(2,3)13(15)11-9-10(16-4)7-8-12(11)17-5/h7-9,13H,6H2,1-5H3. The minimum atomic E-state index is -0.0995. The fourth-order valence-corrected chi connectivity index (χ4v) is 1.96. The van der Waals surface area contributed by atoms with Crippen molar-refractivity contribution < 1.29 is 9.47 Å². The summed E-state index contributed by atoms with van der Waals surface area (Å²) < 4.78 is 10.6. The molecule has 0 aliphatic heterocycles. The van der Waals surface area contributed by atoms with Gasteiger partial charge in [0.05, 0.1) is 19.6 Å². The first-order chi connectivity index (χ1) is 7.96. The Bertz CT molecular complexity index is 374. The normalized spacial score (nSPS) is 13.3. The van der Waals surface area contributed by atoms with Crippen molar-refractivity contribution in [1.29, 1.82) is 0 Å². The topological polar surface area (TPSA) is 18.5 Å². The summed E-state index contributed by atoms with van der Waals surface area (Å²) in [6.07, 6.45) is 1.00. The number of alkyl halides is 1. The predicted molar refractivity (Wildman–Crippen MR) is 72.2 cm³/mol. The minimum absolute atomic E-state index is 0.0151. The van der Waals surface area contributed by atoms with Gasteiger partial charge in [0.1, 0.15) is 11.5 Å². The number of hydrogen-bond acceptors (Lipinski definition) is 2. The Morgan fingerprint density at radius 1 is 1.24 bits per heavy atom. The van der Waals surface area contributed by atoms with Gasteiger partial charge in [-0.2, -0.15) is 0 Å². The second-order valence-corrected chi connectivity index (χ2v) is 5.25. The largest absolute Gasteiger partial charge is 0.497 e. The molecule has 3 heteroatoms. The van der Waals surface area contributed by atoms with Crippen LogP contribution in [0.4, 0.5) is 0 Å². The molecular weight excluding hydrogens is 236 g/mol. The van der Waals surface area contributed by atoms with E-state index in [0.29, 0.717) is 0 Å². The quantitative estimate of drug-likeness (QED) is 0.726. The van der Waals surface area contributed by atoms with Crippen LogP contribution < -0.4 is 9.47 Å². The van der Waals surface area contributed by atoms with Crippen LogP contribution in [-0.2, 0) is 0 Å². The molecule has 0 spiro atoms. The predicted octanol–water partition coefficient (Wildman–Crippen LogP) is 4.42. The van der Waals surface area contributed by atoms with Crippen molar-refractivity contribution in [3.05, 3.63) is 23.8 Å². The Hall–Kier alpha value is -0.890. The van der Waals surface area contributed by atoms with Gasteiger partial charge in [0, 0.05) is 5.56 Å². The smallest absolute Gasteiger partial charge is 0.123 e. The molecule has 1 rings (SSSR count). The third-order valence-corrected chi connectivity index (χ3v) is 4.13. The highest BCUT2D eigenvalue weighted by Gasteiger charge is 2.29. The third-order valence-electron chi connectivity index (χ3n) is 3.31. The summed E-state index contributed by atoms with van der Waals surface area (Å²) in [6, 6.07) is 5.73. The van der Waals surface area contributed by atoms with Crippen LogP contribution in [0, 0.1) is 5.41 Å². The molecule has 0 fully saturated rings. The van der Waals surface area contributed by atoms with Crippen molar-refractivity contribution in [3.8, 4) is 11.5 Å². The van der Waals surface area contributed by atoms with E-state index in [1.807, 2.05) is 18.2 Å². The summed E-state index contributed by atoms with van der Waals surface area (Å²) in [5, 5.41) is -0.0995. The highest BCUT2D eigenvalue weighted by atomic mass is 35.5. The summed E-state index contributed by atoms with van der Waals surface area (Å²) in [4.78, 5) is 0. The molecule has 1 atom stereocenters. The Kier molecular flexibility index (Phi) is 4.70. The second-order valence-electron chi connectivity index (χ2n) is 4.81. The van der Waals surface area contributed by atoms with Crippen LogP contribution in [-0.4, -0.2) is 14.2 Å². The van der Waals surface area contributed by atoms with Gasteiger partial charge >= 0.3 is 0 Å². The molecule has 1 aromatic rings. The van der Waals surface area contributed by atoms with Crippen molar-refractivity contribution in [1.82, 2.24) is 0 Å². The van der Waals surface area contributed by atoms with E-state index in [4.69, 9.17) is 21.1 Å². The maximum Gasteiger partial charge on any atom is 0.123 e. The monoisotopic (exact) mass is 256 g/mol. The van der Waals surface area contributed by atoms with Gasteiger partial charge in [-0.25, -0.2) is 0 Å². The van der Waals surface area contributed by atoms with Crippen molar-refractivity contribution in [2.45, 2.75) is 32.6 Å². The molecule has 2 nitrogen and oxygen atoms in total. The van der Waals surface area contributed by atoms with E-state index in [1.165, 1.54) is 0 Å². The molecule has 0 radical (unpaired) electrons. The van der Waals surface area contributed by atoms with E-state index in [1.54, 1.807) is 14.2 Å². The van der Waals surface area contributed by atoms with Crippen molar-refractivity contribution in [2.24, 2.45) is 5.41 Å². The molecule has 96 valence electrons. The molecule has 0 saturated carbocycles. The van der Waals surface area contributed by atoms with Crippen molar-refractivity contribution >= 4 is 11.6 Å². The van der Waals surface area contributed by atoms with Gasteiger partial charge in [-0.3, -0.25) is 0 Å². The van der Waals surface area contributed by atoms with Gasteiger partial charge < -0.3 is 9.47 Å². The van der Waals surface area contributed by atoms with E-state index in [2.05, 4.69) is 20.8 Å². The maximum absolute atomic E-state index is 6.58. The summed E-state index contributed by atoms with van der Waals surface area (Å²) in [5.74, 6) is 1.62. The van der Waals surface area contributed by atoms with E-state index in [0.717, 1.165) is 23.5 Å². The zero-order valence-electron chi connectivity index (χ0n) is 11.2. The van der Waals surface area contributed by atoms with Crippen LogP contribution in [0.5, 0.6) is 11.5 Å². The van der Waals surface area contributed by atoms with Gasteiger partial charge in [-0.15, -0.1) is 11.6 Å². The highest BCUT2D eigenvalue weighted by Crippen LogP contribution is 2.45. The first-order valence-electron chi connectivity index (χ1n) is 5.82. The number of hydrogen-bond donors (Lipinski definition) is 0. The van der Waals surface area contributed by atoms with E-state index in [9.17, 15) is 0 Å². The first kappa shape index (κ1) is 14.2. The molecular formula is C14H21ClO2. The minimum Gasteiger partial charge on any atom is -0.497 e. The van der Waals surface area contributed by atoms with E-state index >= 15 is 0 Å². The third kappa shape index (κ3) is 3.06. The Morgan fingerprint density at radius 2 is 1.88 bits per heavy atom. The lowest BCUT2D eigenvalue weighted by Crippen LogP contribution is -2.17. The Morgan fingerprint density at radius 3 is 2.35 bits per heavy atom. The lowest BCUT2D eigenvalue weighted by molar-refractivity contribution is 0.324. The molecule has 0 bridgehead atoms. The number of rotatable bonds is 5. The fraction of sp³-hybridized carbons (Fsp3) is 0.571. The van der Waals surface area contributed by atoms with Gasteiger partial charge in [-0.05, 0) is 30.0 Å². The lowest BCUT2D eigenvalue weighted by atomic mass is 9.82. The van der Waals surface area contributed by atoms with Gasteiger partial charge in [0.25, 0.3) is 0 Å². The fourth-order valence-electron chi connectivity index (χ4n) is 1.64. The molecule has 0 N–H and O–H groups in total. The molecule has 0 aromatic heterocycles. The number of ether oxygens (including phenoxy) is 2. The van der Waals surface area contributed by atoms with Crippen LogP contribution in [0.1, 0.15) is 38.1 Å². The molecule has 1 aromatic carbocycles. The highest BCUT2D eigenvalue weighted by molar-refractivity contribution is 6.21. The number of halogens is 1. The average Bonchev–Trinajstić information content (AvgIpc) is 2.36. The molecule has 0 saturated heterocycles. The molecule has 0 heterocycles. The van der Waals surface area contributed by atoms with Gasteiger partial charge in [0.15, 0.2) is 0 Å². The maximum atomic E-state index is 6.58. The first-order valence-corrected chi connectivity index (χ1v) is 6.26. The second kappa shape index (κ2) is 5.63. The van der Waals surface area contributed by atoms with Crippen molar-refractivity contribution in [3.63, 3.8) is 0 Å². The molecule has 0 aliphatic carbocycles. The summed E-state index contributed by atoms with van der Waals surface area (Å²) >= 11 is 6.58. The lowest BCUT2D eigenvalue weighted by Gasteiger charge is -2.30. The molecule has 0 amide bonds. The molecule has 1 unspecified atom stereocenters. The SMILES string of the molecule is CCC(C)(C)C(Cl)c1cc(OC)ccc1OC. The Labute approximate surface area is 109 Å². The number of methoxy groups -OCH3 is 2. The van der Waals surface area contributed by atoms with Crippen LogP contribution in [0.25, 0.3) is 0 Å². The van der Waals surface area contributed by atoms with Crippen LogP contribution in [0.2, 0.25) is 0 Å². The zero-order valence-corrected chi connectivity index (χ0v) is 12.0. The summed E-state index contributed by atoms with van der Waals surface area (Å²) in [5.41, 5.74) is 1.00. The van der Waals surface area contributed by atoms with E-state index in [-0.39, 0.29) is 10.8 Å². The molecule has 17 heavy (non-hydrogen) atoms. The van der Waals surface area contributed by atoms with Gasteiger partial charge in [-0.1, -0.05) is 20.8 Å². The van der Waals surface area contributed by atoms with Gasteiger partial charge in [0.2, 0.25) is 0 Å². The molecule has 0 aliphatic rings. The van der Waals surface area contributed by atoms with Crippen LogP contribution >= 0.6 is 11.6 Å². The summed E-state index contributed by atoms with van der Waals surface area (Å²) in [7, 11) is 3.31. The van der Waals surface area contributed by atoms with Crippen LogP contribution in [0.15, 0.2) is 18.2 Å². The summed E-state index contributed by atoms with van der Waals surface area (Å²) in [6.45, 7) is 6.45. The van der Waals surface area contributed by atoms with Crippen LogP contribution in [0.3, 0.4) is 0 Å².